The lowest BCUT2D eigenvalue weighted by Gasteiger charge is -2.16. The van der Waals surface area contributed by atoms with Crippen molar-refractivity contribution in [2.24, 2.45) is 5.92 Å². The monoisotopic (exact) mass is 402 g/mol. The number of amides is 1. The summed E-state index contributed by atoms with van der Waals surface area (Å²) in [5.74, 6) is -0.553. The van der Waals surface area contributed by atoms with E-state index >= 15 is 0 Å². The van der Waals surface area contributed by atoms with E-state index in [1.54, 1.807) is 19.9 Å². The zero-order valence-corrected chi connectivity index (χ0v) is 16.9. The Balaban J connectivity index is 1.65. The maximum Gasteiger partial charge on any atom is 0.348 e. The number of thiophene rings is 1. The van der Waals surface area contributed by atoms with Crippen LogP contribution in [0.25, 0.3) is 0 Å². The van der Waals surface area contributed by atoms with Crippen LogP contribution in [-0.4, -0.2) is 23.4 Å². The van der Waals surface area contributed by atoms with Gasteiger partial charge in [-0.3, -0.25) is 14.9 Å². The van der Waals surface area contributed by atoms with E-state index in [0.29, 0.717) is 16.4 Å². The molecule has 1 aromatic heterocycles. The van der Waals surface area contributed by atoms with Gasteiger partial charge < -0.3 is 10.1 Å². The van der Waals surface area contributed by atoms with E-state index in [1.807, 2.05) is 6.07 Å². The number of esters is 1. The van der Waals surface area contributed by atoms with Crippen molar-refractivity contribution in [2.45, 2.75) is 40.0 Å². The van der Waals surface area contributed by atoms with Gasteiger partial charge in [0.05, 0.1) is 4.92 Å². The molecule has 8 heteroatoms. The molecular weight excluding hydrogens is 380 g/mol. The molecule has 0 saturated heterocycles. The van der Waals surface area contributed by atoms with E-state index < -0.39 is 23.4 Å². The molecule has 1 N–H and O–H groups in total. The van der Waals surface area contributed by atoms with Crippen molar-refractivity contribution in [1.82, 2.24) is 0 Å². The van der Waals surface area contributed by atoms with Gasteiger partial charge >= 0.3 is 5.97 Å². The minimum atomic E-state index is -0.611. The number of carbonyl (C=O) groups excluding carboxylic acids is 2. The van der Waals surface area contributed by atoms with Crippen LogP contribution in [0.1, 0.15) is 44.6 Å². The third-order valence-corrected chi connectivity index (χ3v) is 6.26. The molecule has 0 unspecified atom stereocenters. The van der Waals surface area contributed by atoms with E-state index in [0.717, 1.165) is 24.8 Å². The molecule has 0 spiro atoms. The van der Waals surface area contributed by atoms with Crippen molar-refractivity contribution in [1.29, 1.82) is 0 Å². The molecule has 0 bridgehead atoms. The largest absolute Gasteiger partial charge is 0.451 e. The number of hydrogen-bond acceptors (Lipinski definition) is 6. The van der Waals surface area contributed by atoms with Gasteiger partial charge in [0.25, 0.3) is 11.6 Å². The van der Waals surface area contributed by atoms with Gasteiger partial charge in [-0.05, 0) is 61.8 Å². The standard InChI is InChI=1S/C20H22N2O5S/c1-11-4-7-16-14(8-11)9-17(28-16)20(24)27-10-18(23)21-19-13(3)12(2)5-6-15(19)22(25)26/h5-6,9,11H,4,7-8,10H2,1-3H3,(H,21,23)/t11-/m0/s1. The van der Waals surface area contributed by atoms with Gasteiger partial charge in [0.1, 0.15) is 10.6 Å². The highest BCUT2D eigenvalue weighted by Gasteiger charge is 2.23. The van der Waals surface area contributed by atoms with Gasteiger partial charge in [-0.25, -0.2) is 4.79 Å². The lowest BCUT2D eigenvalue weighted by Crippen LogP contribution is -2.21. The lowest BCUT2D eigenvalue weighted by atomic mass is 9.90. The Morgan fingerprint density at radius 3 is 2.82 bits per heavy atom. The molecule has 0 aliphatic heterocycles. The highest BCUT2D eigenvalue weighted by atomic mass is 32.1. The molecule has 2 aromatic rings. The first-order valence-electron chi connectivity index (χ1n) is 9.09. The predicted molar refractivity (Wildman–Crippen MR) is 107 cm³/mol. The van der Waals surface area contributed by atoms with Crippen LogP contribution in [0.15, 0.2) is 18.2 Å². The van der Waals surface area contributed by atoms with Gasteiger partial charge in [-0.1, -0.05) is 13.0 Å². The number of nitro benzene ring substituents is 1. The van der Waals surface area contributed by atoms with Crippen LogP contribution < -0.4 is 5.32 Å². The molecule has 28 heavy (non-hydrogen) atoms. The van der Waals surface area contributed by atoms with E-state index in [-0.39, 0.29) is 11.4 Å². The smallest absolute Gasteiger partial charge is 0.348 e. The van der Waals surface area contributed by atoms with Crippen molar-refractivity contribution in [3.8, 4) is 0 Å². The number of fused-ring (bicyclic) bond motifs is 1. The number of aryl methyl sites for hydroxylation is 2. The number of nitrogens with one attached hydrogen (secondary N) is 1. The summed E-state index contributed by atoms with van der Waals surface area (Å²) in [5.41, 5.74) is 2.55. The second-order valence-electron chi connectivity index (χ2n) is 7.19. The minimum absolute atomic E-state index is 0.131. The van der Waals surface area contributed by atoms with Gasteiger partial charge in [-0.15, -0.1) is 11.3 Å². The molecular formula is C20H22N2O5S. The molecule has 0 fully saturated rings. The number of nitro groups is 1. The van der Waals surface area contributed by atoms with Crippen molar-refractivity contribution in [3.05, 3.63) is 54.8 Å². The summed E-state index contributed by atoms with van der Waals surface area (Å²) in [5, 5.41) is 13.7. The molecule has 3 rings (SSSR count). The van der Waals surface area contributed by atoms with Crippen LogP contribution >= 0.6 is 11.3 Å². The van der Waals surface area contributed by atoms with Crippen LogP contribution in [0.5, 0.6) is 0 Å². The Morgan fingerprint density at radius 1 is 1.36 bits per heavy atom. The average molecular weight is 402 g/mol. The topological polar surface area (TPSA) is 98.5 Å². The summed E-state index contributed by atoms with van der Waals surface area (Å²) in [4.78, 5) is 36.9. The molecule has 0 radical (unpaired) electrons. The Kier molecular flexibility index (Phi) is 5.79. The molecule has 148 valence electrons. The SMILES string of the molecule is Cc1ccc([N+](=O)[O-])c(NC(=O)COC(=O)c2cc3c(s2)CC[C@H](C)C3)c1C. The van der Waals surface area contributed by atoms with Crippen LogP contribution in [0.4, 0.5) is 11.4 Å². The van der Waals surface area contributed by atoms with E-state index in [1.165, 1.54) is 27.8 Å². The van der Waals surface area contributed by atoms with E-state index in [9.17, 15) is 19.7 Å². The minimum Gasteiger partial charge on any atom is -0.451 e. The van der Waals surface area contributed by atoms with Crippen LogP contribution in [0, 0.1) is 29.9 Å². The Morgan fingerprint density at radius 2 is 2.11 bits per heavy atom. The normalized spacial score (nSPS) is 15.6. The number of hydrogen-bond donors (Lipinski definition) is 1. The Labute approximate surface area is 166 Å². The number of ether oxygens (including phenoxy) is 1. The highest BCUT2D eigenvalue weighted by molar-refractivity contribution is 7.14. The fourth-order valence-electron chi connectivity index (χ4n) is 3.30. The average Bonchev–Trinajstić information content (AvgIpc) is 3.06. The molecule has 1 aromatic carbocycles. The van der Waals surface area contributed by atoms with Gasteiger partial charge in [0.2, 0.25) is 0 Å². The predicted octanol–water partition coefficient (Wildman–Crippen LogP) is 4.19. The zero-order valence-electron chi connectivity index (χ0n) is 16.0. The number of nitrogens with zero attached hydrogens (tertiary/aromatic N) is 1. The summed E-state index contributed by atoms with van der Waals surface area (Å²) in [6.45, 7) is 5.19. The highest BCUT2D eigenvalue weighted by Crippen LogP contribution is 2.33. The number of anilines is 1. The third-order valence-electron chi connectivity index (χ3n) is 5.04. The summed E-state index contributed by atoms with van der Waals surface area (Å²) in [6.07, 6.45) is 3.03. The van der Waals surface area contributed by atoms with Gasteiger partial charge in [-0.2, -0.15) is 0 Å². The molecule has 1 atom stereocenters. The first-order chi connectivity index (χ1) is 13.3. The van der Waals surface area contributed by atoms with Crippen molar-refractivity contribution in [3.63, 3.8) is 0 Å². The van der Waals surface area contributed by atoms with Crippen molar-refractivity contribution < 1.29 is 19.2 Å². The number of benzene rings is 1. The maximum atomic E-state index is 12.3. The Hall–Kier alpha value is -2.74. The van der Waals surface area contributed by atoms with Gasteiger partial charge in [0.15, 0.2) is 6.61 Å². The van der Waals surface area contributed by atoms with Crippen molar-refractivity contribution in [2.75, 3.05) is 11.9 Å². The summed E-state index contributed by atoms with van der Waals surface area (Å²) >= 11 is 1.42. The van der Waals surface area contributed by atoms with Crippen LogP contribution in [-0.2, 0) is 22.4 Å². The first-order valence-corrected chi connectivity index (χ1v) is 9.91. The molecule has 1 amide bonds. The summed E-state index contributed by atoms with van der Waals surface area (Å²) in [7, 11) is 0. The second-order valence-corrected chi connectivity index (χ2v) is 8.33. The first kappa shape index (κ1) is 20.0. The van der Waals surface area contributed by atoms with Crippen LogP contribution in [0.3, 0.4) is 0 Å². The summed E-state index contributed by atoms with van der Waals surface area (Å²) < 4.78 is 5.13. The lowest BCUT2D eigenvalue weighted by molar-refractivity contribution is -0.384. The fraction of sp³-hybridized carbons (Fsp3) is 0.400. The van der Waals surface area contributed by atoms with Crippen molar-refractivity contribution >= 4 is 34.6 Å². The Bertz CT molecular complexity index is 950. The zero-order chi connectivity index (χ0) is 20.4. The molecule has 0 saturated carbocycles. The molecule has 1 aliphatic rings. The quantitative estimate of drug-likeness (QED) is 0.459. The molecule has 7 nitrogen and oxygen atoms in total. The number of carbonyl (C=O) groups is 2. The van der Waals surface area contributed by atoms with Crippen LogP contribution in [0.2, 0.25) is 0 Å². The number of rotatable bonds is 5. The second kappa shape index (κ2) is 8.10. The molecule has 1 aliphatic carbocycles. The van der Waals surface area contributed by atoms with Gasteiger partial charge in [0, 0.05) is 10.9 Å². The maximum absolute atomic E-state index is 12.3. The summed E-state index contributed by atoms with van der Waals surface area (Å²) in [6, 6.07) is 4.83. The van der Waals surface area contributed by atoms with E-state index in [4.69, 9.17) is 4.74 Å². The van der Waals surface area contributed by atoms with E-state index in [2.05, 4.69) is 12.2 Å². The fourth-order valence-corrected chi connectivity index (χ4v) is 4.40. The third kappa shape index (κ3) is 4.22. The molecule has 1 heterocycles.